The first-order chi connectivity index (χ1) is 8.10. The van der Waals surface area contributed by atoms with Gasteiger partial charge >= 0.3 is 0 Å². The minimum Gasteiger partial charge on any atom is -0.496 e. The van der Waals surface area contributed by atoms with Crippen LogP contribution >= 0.6 is 11.6 Å². The van der Waals surface area contributed by atoms with Crippen LogP contribution in [-0.2, 0) is 5.54 Å². The molecule has 0 aliphatic heterocycles. The standard InChI is InChI=1S/C13H18ClNO2/c1-16-11-8-12(17-2)10(14)7-9(11)13(15)5-3-4-6-13/h7-8H,3-6,15H2,1-2H3. The third-order valence-corrected chi connectivity index (χ3v) is 3.80. The molecule has 17 heavy (non-hydrogen) atoms. The van der Waals surface area contributed by atoms with Crippen molar-refractivity contribution in [1.82, 2.24) is 0 Å². The van der Waals surface area contributed by atoms with E-state index in [9.17, 15) is 0 Å². The van der Waals surface area contributed by atoms with Gasteiger partial charge in [-0.15, -0.1) is 0 Å². The topological polar surface area (TPSA) is 44.5 Å². The lowest BCUT2D eigenvalue weighted by molar-refractivity contribution is 0.370. The minimum atomic E-state index is -0.304. The van der Waals surface area contributed by atoms with Crippen molar-refractivity contribution in [2.24, 2.45) is 5.73 Å². The van der Waals surface area contributed by atoms with Crippen LogP contribution in [0.5, 0.6) is 11.5 Å². The largest absolute Gasteiger partial charge is 0.496 e. The predicted octanol–water partition coefficient (Wildman–Crippen LogP) is 3.09. The van der Waals surface area contributed by atoms with Gasteiger partial charge in [0.15, 0.2) is 0 Å². The fourth-order valence-corrected chi connectivity index (χ4v) is 2.77. The highest BCUT2D eigenvalue weighted by Gasteiger charge is 2.34. The first-order valence-electron chi connectivity index (χ1n) is 5.81. The van der Waals surface area contributed by atoms with Crippen LogP contribution in [0, 0.1) is 0 Å². The summed E-state index contributed by atoms with van der Waals surface area (Å²) in [6, 6.07) is 3.69. The van der Waals surface area contributed by atoms with E-state index >= 15 is 0 Å². The van der Waals surface area contributed by atoms with Gasteiger partial charge in [-0.05, 0) is 18.9 Å². The number of rotatable bonds is 3. The van der Waals surface area contributed by atoms with Gasteiger partial charge in [0.1, 0.15) is 11.5 Å². The molecule has 2 N–H and O–H groups in total. The molecule has 0 heterocycles. The highest BCUT2D eigenvalue weighted by atomic mass is 35.5. The van der Waals surface area contributed by atoms with Gasteiger partial charge in [0.2, 0.25) is 0 Å². The summed E-state index contributed by atoms with van der Waals surface area (Å²) in [7, 11) is 3.23. The summed E-state index contributed by atoms with van der Waals surface area (Å²) in [4.78, 5) is 0. The number of methoxy groups -OCH3 is 2. The predicted molar refractivity (Wildman–Crippen MR) is 68.9 cm³/mol. The van der Waals surface area contributed by atoms with Gasteiger partial charge < -0.3 is 15.2 Å². The quantitative estimate of drug-likeness (QED) is 0.903. The van der Waals surface area contributed by atoms with Gasteiger partial charge in [-0.25, -0.2) is 0 Å². The summed E-state index contributed by atoms with van der Waals surface area (Å²) in [6.07, 6.45) is 4.27. The molecule has 0 unspecified atom stereocenters. The Morgan fingerprint density at radius 3 is 2.24 bits per heavy atom. The Morgan fingerprint density at radius 1 is 1.12 bits per heavy atom. The van der Waals surface area contributed by atoms with Crippen LogP contribution in [0.4, 0.5) is 0 Å². The van der Waals surface area contributed by atoms with E-state index in [1.165, 1.54) is 0 Å². The molecule has 0 saturated heterocycles. The molecule has 0 aromatic heterocycles. The first-order valence-corrected chi connectivity index (χ1v) is 6.19. The Kier molecular flexibility index (Phi) is 3.50. The number of ether oxygens (including phenoxy) is 2. The minimum absolute atomic E-state index is 0.304. The summed E-state index contributed by atoms with van der Waals surface area (Å²) >= 11 is 6.16. The van der Waals surface area contributed by atoms with Crippen molar-refractivity contribution in [3.05, 3.63) is 22.7 Å². The van der Waals surface area contributed by atoms with E-state index in [1.807, 2.05) is 12.1 Å². The van der Waals surface area contributed by atoms with Crippen molar-refractivity contribution in [1.29, 1.82) is 0 Å². The normalized spacial score (nSPS) is 18.1. The maximum absolute atomic E-state index is 6.44. The molecule has 0 radical (unpaired) electrons. The Balaban J connectivity index is 2.49. The van der Waals surface area contributed by atoms with Gasteiger partial charge in [0.05, 0.1) is 19.2 Å². The fraction of sp³-hybridized carbons (Fsp3) is 0.538. The van der Waals surface area contributed by atoms with Crippen LogP contribution in [0.1, 0.15) is 31.2 Å². The highest BCUT2D eigenvalue weighted by molar-refractivity contribution is 6.32. The van der Waals surface area contributed by atoms with Gasteiger partial charge in [0, 0.05) is 17.2 Å². The van der Waals surface area contributed by atoms with E-state index in [2.05, 4.69) is 0 Å². The summed E-state index contributed by atoms with van der Waals surface area (Å²) in [6.45, 7) is 0. The molecule has 0 bridgehead atoms. The molecule has 1 aliphatic carbocycles. The van der Waals surface area contributed by atoms with E-state index in [0.29, 0.717) is 10.8 Å². The molecule has 94 valence electrons. The Hall–Kier alpha value is -0.930. The Labute approximate surface area is 107 Å². The van der Waals surface area contributed by atoms with Crippen LogP contribution in [-0.4, -0.2) is 14.2 Å². The van der Waals surface area contributed by atoms with E-state index in [1.54, 1.807) is 14.2 Å². The lowest BCUT2D eigenvalue weighted by atomic mass is 9.88. The molecule has 0 spiro atoms. The molecule has 2 rings (SSSR count). The maximum Gasteiger partial charge on any atom is 0.141 e. The Morgan fingerprint density at radius 2 is 1.71 bits per heavy atom. The van der Waals surface area contributed by atoms with Crippen LogP contribution in [0.2, 0.25) is 5.02 Å². The van der Waals surface area contributed by atoms with Crippen molar-refractivity contribution < 1.29 is 9.47 Å². The lowest BCUT2D eigenvalue weighted by Gasteiger charge is -2.27. The van der Waals surface area contributed by atoms with Crippen molar-refractivity contribution in [3.63, 3.8) is 0 Å². The van der Waals surface area contributed by atoms with E-state index in [4.69, 9.17) is 26.8 Å². The SMILES string of the molecule is COc1cc(OC)c(C2(N)CCCC2)cc1Cl. The molecule has 1 aliphatic rings. The maximum atomic E-state index is 6.44. The van der Waals surface area contributed by atoms with Crippen molar-refractivity contribution in [2.75, 3.05) is 14.2 Å². The summed E-state index contributed by atoms with van der Waals surface area (Å²) in [5.74, 6) is 1.38. The number of hydrogen-bond donors (Lipinski definition) is 1. The summed E-state index contributed by atoms with van der Waals surface area (Å²) < 4.78 is 10.6. The Bertz CT molecular complexity index is 414. The molecule has 1 aromatic carbocycles. The molecule has 0 atom stereocenters. The second kappa shape index (κ2) is 4.75. The number of nitrogens with two attached hydrogens (primary N) is 1. The summed E-state index contributed by atoms with van der Waals surface area (Å²) in [5, 5.41) is 0.583. The van der Waals surface area contributed by atoms with Crippen LogP contribution in [0.3, 0.4) is 0 Å². The molecule has 1 saturated carbocycles. The molecule has 3 nitrogen and oxygen atoms in total. The van der Waals surface area contributed by atoms with E-state index in [-0.39, 0.29) is 5.54 Å². The van der Waals surface area contributed by atoms with E-state index < -0.39 is 0 Å². The molecule has 4 heteroatoms. The average molecular weight is 256 g/mol. The second-order valence-electron chi connectivity index (χ2n) is 4.55. The molecule has 1 aromatic rings. The smallest absolute Gasteiger partial charge is 0.141 e. The molecule has 0 amide bonds. The number of benzene rings is 1. The van der Waals surface area contributed by atoms with Crippen LogP contribution in [0.25, 0.3) is 0 Å². The van der Waals surface area contributed by atoms with Gasteiger partial charge in [-0.1, -0.05) is 24.4 Å². The first kappa shape index (κ1) is 12.5. The van der Waals surface area contributed by atoms with Gasteiger partial charge in [-0.2, -0.15) is 0 Å². The number of hydrogen-bond acceptors (Lipinski definition) is 3. The zero-order chi connectivity index (χ0) is 12.5. The third-order valence-electron chi connectivity index (χ3n) is 3.51. The van der Waals surface area contributed by atoms with Crippen molar-refractivity contribution in [2.45, 2.75) is 31.2 Å². The molecular weight excluding hydrogens is 238 g/mol. The lowest BCUT2D eigenvalue weighted by Crippen LogP contribution is -2.33. The zero-order valence-electron chi connectivity index (χ0n) is 10.3. The summed E-state index contributed by atoms with van der Waals surface area (Å²) in [5.41, 5.74) is 7.12. The zero-order valence-corrected chi connectivity index (χ0v) is 11.0. The van der Waals surface area contributed by atoms with Crippen molar-refractivity contribution >= 4 is 11.6 Å². The second-order valence-corrected chi connectivity index (χ2v) is 4.96. The highest BCUT2D eigenvalue weighted by Crippen LogP contribution is 2.44. The average Bonchev–Trinajstić information content (AvgIpc) is 2.77. The van der Waals surface area contributed by atoms with Crippen LogP contribution < -0.4 is 15.2 Å². The molecular formula is C13H18ClNO2. The molecule has 1 fully saturated rings. The van der Waals surface area contributed by atoms with Gasteiger partial charge in [0.25, 0.3) is 0 Å². The monoisotopic (exact) mass is 255 g/mol. The van der Waals surface area contributed by atoms with Crippen molar-refractivity contribution in [3.8, 4) is 11.5 Å². The van der Waals surface area contributed by atoms with E-state index in [0.717, 1.165) is 37.0 Å². The van der Waals surface area contributed by atoms with Crippen LogP contribution in [0.15, 0.2) is 12.1 Å². The number of halogens is 1. The fourth-order valence-electron chi connectivity index (χ4n) is 2.52. The van der Waals surface area contributed by atoms with Gasteiger partial charge in [-0.3, -0.25) is 0 Å². The third kappa shape index (κ3) is 2.22.